The molecular formula is C16H13F2N8O3-. The van der Waals surface area contributed by atoms with Crippen LogP contribution in [0.4, 0.5) is 36.7 Å². The molecule has 4 rings (SSSR count). The zero-order valence-electron chi connectivity index (χ0n) is 15.1. The molecule has 3 N–H and O–H groups in total. The van der Waals surface area contributed by atoms with Crippen LogP contribution in [-0.2, 0) is 13.6 Å². The normalized spacial score (nSPS) is 13.7. The van der Waals surface area contributed by atoms with Crippen LogP contribution in [0.15, 0.2) is 12.3 Å². The van der Waals surface area contributed by atoms with E-state index in [1.807, 2.05) is 0 Å². The SMILES string of the molecule is Cc1c(N)ncc2c1N(c1nnn(C)n1)C(=O)N(c1c(F)c([O-])cc(O)c1F)C2. The molecule has 0 radical (unpaired) electrons. The molecule has 0 saturated heterocycles. The second kappa shape index (κ2) is 6.25. The molecule has 2 aromatic heterocycles. The average Bonchev–Trinajstić information content (AvgIpc) is 3.10. The van der Waals surface area contributed by atoms with Gasteiger partial charge in [0.2, 0.25) is 0 Å². The molecule has 0 bridgehead atoms. The van der Waals surface area contributed by atoms with E-state index in [0.29, 0.717) is 22.1 Å². The number of nitrogens with zero attached hydrogens (tertiary/aromatic N) is 7. The zero-order valence-corrected chi connectivity index (χ0v) is 15.1. The quantitative estimate of drug-likeness (QED) is 0.639. The summed E-state index contributed by atoms with van der Waals surface area (Å²) in [5.74, 6) is -5.37. The van der Waals surface area contributed by atoms with E-state index in [4.69, 9.17) is 5.73 Å². The summed E-state index contributed by atoms with van der Waals surface area (Å²) in [5, 5.41) is 32.8. The molecule has 11 nitrogen and oxygen atoms in total. The van der Waals surface area contributed by atoms with Gasteiger partial charge < -0.3 is 15.9 Å². The molecule has 0 fully saturated rings. The van der Waals surface area contributed by atoms with Gasteiger partial charge in [-0.3, -0.25) is 4.90 Å². The molecule has 29 heavy (non-hydrogen) atoms. The van der Waals surface area contributed by atoms with Crippen molar-refractivity contribution in [1.29, 1.82) is 0 Å². The Kier molecular flexibility index (Phi) is 3.95. The Balaban J connectivity index is 1.97. The Morgan fingerprint density at radius 2 is 2.00 bits per heavy atom. The highest BCUT2D eigenvalue weighted by molar-refractivity contribution is 6.10. The first-order valence-electron chi connectivity index (χ1n) is 8.18. The predicted octanol–water partition coefficient (Wildman–Crippen LogP) is 0.831. The Bertz CT molecular complexity index is 1140. The minimum Gasteiger partial charge on any atom is -0.870 e. The van der Waals surface area contributed by atoms with Gasteiger partial charge in [-0.15, -0.1) is 5.10 Å². The van der Waals surface area contributed by atoms with Gasteiger partial charge in [-0.1, -0.05) is 10.8 Å². The molecule has 3 aromatic rings. The first-order valence-corrected chi connectivity index (χ1v) is 8.18. The molecule has 0 atom stereocenters. The lowest BCUT2D eigenvalue weighted by Gasteiger charge is -2.36. The number of nitrogen functional groups attached to an aromatic ring is 1. The molecule has 3 heterocycles. The van der Waals surface area contributed by atoms with Crippen molar-refractivity contribution in [3.05, 3.63) is 35.0 Å². The van der Waals surface area contributed by atoms with Crippen LogP contribution in [0.5, 0.6) is 11.5 Å². The van der Waals surface area contributed by atoms with Gasteiger partial charge in [0.15, 0.2) is 11.6 Å². The molecular weight excluding hydrogens is 390 g/mol. The van der Waals surface area contributed by atoms with Crippen LogP contribution < -0.4 is 20.6 Å². The highest BCUT2D eigenvalue weighted by Gasteiger charge is 2.39. The van der Waals surface area contributed by atoms with Crippen molar-refractivity contribution in [2.45, 2.75) is 13.5 Å². The molecule has 2 amide bonds. The summed E-state index contributed by atoms with van der Waals surface area (Å²) in [6.45, 7) is 1.27. The Morgan fingerprint density at radius 3 is 2.66 bits per heavy atom. The lowest BCUT2D eigenvalue weighted by Crippen LogP contribution is -2.46. The summed E-state index contributed by atoms with van der Waals surface area (Å²) in [4.78, 5) is 20.0. The van der Waals surface area contributed by atoms with Crippen LogP contribution in [0.1, 0.15) is 11.1 Å². The molecule has 13 heteroatoms. The van der Waals surface area contributed by atoms with Crippen molar-refractivity contribution in [1.82, 2.24) is 25.2 Å². The summed E-state index contributed by atoms with van der Waals surface area (Å²) in [7, 11) is 1.47. The second-order valence-corrected chi connectivity index (χ2v) is 6.30. The van der Waals surface area contributed by atoms with E-state index in [1.54, 1.807) is 6.92 Å². The maximum atomic E-state index is 14.5. The number of phenolic OH excluding ortho intramolecular Hbond substituents is 1. The molecule has 0 unspecified atom stereocenters. The highest BCUT2D eigenvalue weighted by atomic mass is 19.1. The van der Waals surface area contributed by atoms with Crippen molar-refractivity contribution >= 4 is 29.2 Å². The number of hydrogen-bond donors (Lipinski definition) is 2. The number of hydrogen-bond acceptors (Lipinski definition) is 8. The van der Waals surface area contributed by atoms with Crippen LogP contribution in [0.25, 0.3) is 0 Å². The molecule has 1 aliphatic heterocycles. The monoisotopic (exact) mass is 403 g/mol. The van der Waals surface area contributed by atoms with Crippen molar-refractivity contribution in [3.63, 3.8) is 0 Å². The molecule has 0 saturated carbocycles. The molecule has 1 aliphatic rings. The fraction of sp³-hybridized carbons (Fsp3) is 0.188. The summed E-state index contributed by atoms with van der Waals surface area (Å²) in [6.07, 6.45) is 1.33. The number of benzene rings is 1. The largest absolute Gasteiger partial charge is 0.870 e. The summed E-state index contributed by atoms with van der Waals surface area (Å²) < 4.78 is 29.0. The average molecular weight is 403 g/mol. The van der Waals surface area contributed by atoms with Gasteiger partial charge in [0.1, 0.15) is 17.3 Å². The number of nitrogens with two attached hydrogens (primary N) is 1. The van der Waals surface area contributed by atoms with Crippen LogP contribution in [0, 0.1) is 18.6 Å². The van der Waals surface area contributed by atoms with Gasteiger partial charge >= 0.3 is 6.03 Å². The van der Waals surface area contributed by atoms with Gasteiger partial charge in [-0.25, -0.2) is 23.5 Å². The van der Waals surface area contributed by atoms with Crippen LogP contribution in [0.3, 0.4) is 0 Å². The Labute approximate surface area is 161 Å². The van der Waals surface area contributed by atoms with Gasteiger partial charge in [0, 0.05) is 17.3 Å². The maximum absolute atomic E-state index is 14.5. The first kappa shape index (κ1) is 18.3. The van der Waals surface area contributed by atoms with E-state index in [1.165, 1.54) is 13.2 Å². The van der Waals surface area contributed by atoms with Gasteiger partial charge in [0.05, 0.1) is 19.3 Å². The lowest BCUT2D eigenvalue weighted by molar-refractivity contribution is -0.272. The predicted molar refractivity (Wildman–Crippen MR) is 93.4 cm³/mol. The number of pyridine rings is 1. The number of aryl methyl sites for hydroxylation is 1. The van der Waals surface area contributed by atoms with Crippen molar-refractivity contribution in [3.8, 4) is 11.5 Å². The smallest absolute Gasteiger partial charge is 0.336 e. The Hall–Kier alpha value is -4.03. The van der Waals surface area contributed by atoms with Crippen molar-refractivity contribution in [2.75, 3.05) is 15.5 Å². The molecule has 1 aromatic carbocycles. The van der Waals surface area contributed by atoms with Crippen LogP contribution >= 0.6 is 0 Å². The van der Waals surface area contributed by atoms with Crippen LogP contribution in [0.2, 0.25) is 0 Å². The van der Waals surface area contributed by atoms with E-state index in [9.17, 15) is 23.8 Å². The van der Waals surface area contributed by atoms with E-state index in [2.05, 4.69) is 20.4 Å². The third-order valence-electron chi connectivity index (χ3n) is 4.47. The van der Waals surface area contributed by atoms with Crippen molar-refractivity contribution < 1.29 is 23.8 Å². The summed E-state index contributed by atoms with van der Waals surface area (Å²) in [6, 6.07) is -0.577. The zero-order chi connectivity index (χ0) is 21.0. The number of aromatic nitrogens is 5. The molecule has 0 spiro atoms. The van der Waals surface area contributed by atoms with Gasteiger partial charge in [0.25, 0.3) is 5.95 Å². The number of urea groups is 1. The van der Waals surface area contributed by atoms with E-state index in [-0.39, 0.29) is 24.0 Å². The fourth-order valence-electron chi connectivity index (χ4n) is 3.10. The standard InChI is InChI=1S/C16H14F2N8O3/c1-6-12-7(4-20-14(6)19)5-25(13-10(17)8(27)3-9(28)11(13)18)16(29)26(12)15-21-23-24(2)22-15/h3-4,27-28H,5H2,1-2H3,(H2,19,20)/p-1. The number of phenols is 1. The van der Waals surface area contributed by atoms with Gasteiger partial charge in [-0.05, 0) is 18.2 Å². The minimum atomic E-state index is -1.52. The van der Waals surface area contributed by atoms with Crippen LogP contribution in [-0.4, -0.2) is 36.3 Å². The number of amides is 2. The topological polar surface area (TPSA) is 149 Å². The molecule has 150 valence electrons. The van der Waals surface area contributed by atoms with Crippen molar-refractivity contribution in [2.24, 2.45) is 7.05 Å². The number of carbonyl (C=O) groups excluding carboxylic acids is 1. The van der Waals surface area contributed by atoms with Gasteiger partial charge in [-0.2, -0.15) is 4.80 Å². The number of aromatic hydroxyl groups is 1. The van der Waals surface area contributed by atoms with E-state index < -0.39 is 34.9 Å². The number of carbonyl (C=O) groups is 1. The summed E-state index contributed by atoms with van der Waals surface area (Å²) in [5.41, 5.74) is 5.93. The minimum absolute atomic E-state index is 0.135. The second-order valence-electron chi connectivity index (χ2n) is 6.30. The highest BCUT2D eigenvalue weighted by Crippen LogP contribution is 2.42. The molecule has 0 aliphatic carbocycles. The maximum Gasteiger partial charge on any atom is 0.336 e. The number of tetrazole rings is 1. The third-order valence-corrected chi connectivity index (χ3v) is 4.47. The summed E-state index contributed by atoms with van der Waals surface area (Å²) >= 11 is 0. The fourth-order valence-corrected chi connectivity index (χ4v) is 3.10. The number of rotatable bonds is 2. The first-order chi connectivity index (χ1) is 13.7. The number of halogens is 2. The number of fused-ring (bicyclic) bond motifs is 1. The lowest BCUT2D eigenvalue weighted by atomic mass is 10.1. The Morgan fingerprint density at radius 1 is 1.28 bits per heavy atom. The third kappa shape index (κ3) is 2.66. The number of anilines is 4. The van der Waals surface area contributed by atoms with E-state index in [0.717, 1.165) is 9.70 Å². The van der Waals surface area contributed by atoms with E-state index >= 15 is 0 Å².